The highest BCUT2D eigenvalue weighted by molar-refractivity contribution is 9.12. The quantitative estimate of drug-likeness (QED) is 0.151. The molecule has 3 aliphatic carbocycles. The predicted octanol–water partition coefficient (Wildman–Crippen LogP) is 4.46. The van der Waals surface area contributed by atoms with Gasteiger partial charge in [0.1, 0.15) is 28.4 Å². The summed E-state index contributed by atoms with van der Waals surface area (Å²) in [6.45, 7) is 1.84. The van der Waals surface area contributed by atoms with E-state index in [0.717, 1.165) is 0 Å². The molecule has 0 amide bonds. The van der Waals surface area contributed by atoms with Crippen molar-refractivity contribution in [1.82, 2.24) is 10.3 Å². The number of rotatable bonds is 3. The Balaban J connectivity index is 1.63. The Morgan fingerprint density at radius 2 is 1.52 bits per heavy atom. The number of phenolic OH excluding ortho intramolecular Hbond substituents is 3. The van der Waals surface area contributed by atoms with Crippen LogP contribution in [0.3, 0.4) is 0 Å². The topological polar surface area (TPSA) is 174 Å². The number of aromatic hydroxyl groups is 3. The Labute approximate surface area is 253 Å². The predicted molar refractivity (Wildman–Crippen MR) is 160 cm³/mol. The third-order valence-electron chi connectivity index (χ3n) is 8.11. The van der Waals surface area contributed by atoms with Crippen LogP contribution in [0.15, 0.2) is 43.7 Å². The fourth-order valence-electron chi connectivity index (χ4n) is 6.28. The number of halogens is 2. The molecule has 3 aromatic rings. The van der Waals surface area contributed by atoms with E-state index < -0.39 is 73.6 Å². The SMILES string of the molecule is C/C=C/C=C/c1cc2c(Br)c3c(c(O)c2c(=O)[nH]1)[C@]1(CC3)C(=O)c2c(O)c3c(c(O)c2C1=O)C(=O)C(NC)=C(Br)C3=O. The van der Waals surface area contributed by atoms with Crippen molar-refractivity contribution < 1.29 is 34.5 Å². The van der Waals surface area contributed by atoms with Crippen LogP contribution in [0.4, 0.5) is 0 Å². The monoisotopic (exact) mass is 694 g/mol. The molecule has 0 fully saturated rings. The number of carbonyl (C=O) groups is 4. The maximum atomic E-state index is 14.2. The van der Waals surface area contributed by atoms with E-state index in [1.165, 1.54) is 7.05 Å². The van der Waals surface area contributed by atoms with Gasteiger partial charge in [-0.2, -0.15) is 0 Å². The smallest absolute Gasteiger partial charge is 0.260 e. The number of H-pyrrole nitrogens is 1. The number of pyridine rings is 1. The average Bonchev–Trinajstić information content (AvgIpc) is 3.46. The van der Waals surface area contributed by atoms with Crippen LogP contribution in [0, 0.1) is 0 Å². The molecule has 0 saturated heterocycles. The second kappa shape index (κ2) is 9.36. The summed E-state index contributed by atoms with van der Waals surface area (Å²) >= 11 is 6.54. The molecule has 0 radical (unpaired) electrons. The molecule has 6 rings (SSSR count). The van der Waals surface area contributed by atoms with Crippen LogP contribution in [0.2, 0.25) is 0 Å². The van der Waals surface area contributed by atoms with Gasteiger partial charge in [-0.1, -0.05) is 18.2 Å². The molecule has 0 unspecified atom stereocenters. The molecule has 12 heteroatoms. The number of likely N-dealkylation sites (N-methyl/N-ethyl adjacent to an activating group) is 1. The zero-order valence-corrected chi connectivity index (χ0v) is 25.1. The third-order valence-corrected chi connectivity index (χ3v) is 9.78. The van der Waals surface area contributed by atoms with Crippen LogP contribution < -0.4 is 10.9 Å². The summed E-state index contributed by atoms with van der Waals surface area (Å²) in [5.41, 5.74) is -4.71. The number of aromatic amines is 1. The number of fused-ring (bicyclic) bond motifs is 5. The van der Waals surface area contributed by atoms with Crippen molar-refractivity contribution in [3.05, 3.63) is 88.4 Å². The molecule has 212 valence electrons. The average molecular weight is 696 g/mol. The number of nitrogens with one attached hydrogen (secondary N) is 2. The molecule has 1 atom stereocenters. The van der Waals surface area contributed by atoms with E-state index >= 15 is 0 Å². The number of phenols is 3. The second-order valence-electron chi connectivity index (χ2n) is 10.1. The van der Waals surface area contributed by atoms with Crippen molar-refractivity contribution >= 4 is 71.8 Å². The highest BCUT2D eigenvalue weighted by Crippen LogP contribution is 2.58. The number of benzene rings is 2. The Kier molecular flexibility index (Phi) is 6.21. The lowest BCUT2D eigenvalue weighted by molar-refractivity contribution is 0.0790. The number of aromatic nitrogens is 1. The van der Waals surface area contributed by atoms with Crippen LogP contribution in [0.5, 0.6) is 17.2 Å². The molecule has 1 aromatic heterocycles. The van der Waals surface area contributed by atoms with E-state index in [2.05, 4.69) is 42.2 Å². The molecule has 1 heterocycles. The minimum Gasteiger partial charge on any atom is -0.507 e. The Bertz CT molecular complexity index is 2040. The first-order valence-electron chi connectivity index (χ1n) is 12.7. The Morgan fingerprint density at radius 1 is 0.905 bits per heavy atom. The van der Waals surface area contributed by atoms with Crippen molar-refractivity contribution in [2.24, 2.45) is 0 Å². The van der Waals surface area contributed by atoms with E-state index in [1.54, 1.807) is 24.3 Å². The van der Waals surface area contributed by atoms with E-state index in [4.69, 9.17) is 0 Å². The maximum absolute atomic E-state index is 14.2. The number of carbonyl (C=O) groups excluding carboxylic acids is 4. The molecule has 10 nitrogen and oxygen atoms in total. The fraction of sp³-hybridized carbons (Fsp3) is 0.167. The molecule has 2 aromatic carbocycles. The summed E-state index contributed by atoms with van der Waals surface area (Å²) in [5, 5.41) is 36.8. The van der Waals surface area contributed by atoms with E-state index in [9.17, 15) is 39.3 Å². The number of hydrogen-bond acceptors (Lipinski definition) is 9. The third kappa shape index (κ3) is 3.27. The molecule has 0 aliphatic heterocycles. The van der Waals surface area contributed by atoms with Crippen molar-refractivity contribution in [3.8, 4) is 17.2 Å². The highest BCUT2D eigenvalue weighted by Gasteiger charge is 2.62. The Hall–Kier alpha value is -4.29. The molecule has 42 heavy (non-hydrogen) atoms. The van der Waals surface area contributed by atoms with Gasteiger partial charge < -0.3 is 25.6 Å². The van der Waals surface area contributed by atoms with Gasteiger partial charge in [-0.3, -0.25) is 24.0 Å². The molecule has 5 N–H and O–H groups in total. The van der Waals surface area contributed by atoms with Crippen LogP contribution in [0.25, 0.3) is 16.8 Å². The number of allylic oxidation sites excluding steroid dienone is 5. The summed E-state index contributed by atoms with van der Waals surface area (Å²) in [5.74, 6) is -6.08. The first-order valence-corrected chi connectivity index (χ1v) is 14.3. The van der Waals surface area contributed by atoms with Crippen molar-refractivity contribution in [2.75, 3.05) is 7.05 Å². The van der Waals surface area contributed by atoms with Crippen molar-refractivity contribution in [2.45, 2.75) is 25.2 Å². The van der Waals surface area contributed by atoms with E-state index in [-0.39, 0.29) is 34.0 Å². The van der Waals surface area contributed by atoms with Crippen LogP contribution in [0.1, 0.15) is 71.6 Å². The molecular formula is C30H20Br2N2O8. The summed E-state index contributed by atoms with van der Waals surface area (Å²) in [4.78, 5) is 70.6. The first-order chi connectivity index (χ1) is 19.9. The van der Waals surface area contributed by atoms with Gasteiger partial charge in [0.15, 0.2) is 11.6 Å². The van der Waals surface area contributed by atoms with Gasteiger partial charge in [0.25, 0.3) is 5.56 Å². The number of Topliss-reactive ketones (excluding diaryl/α,β-unsaturated/α-hetero) is 4. The maximum Gasteiger partial charge on any atom is 0.260 e. The molecule has 0 saturated carbocycles. The van der Waals surface area contributed by atoms with Gasteiger partial charge in [0, 0.05) is 28.2 Å². The van der Waals surface area contributed by atoms with Crippen LogP contribution >= 0.6 is 31.9 Å². The van der Waals surface area contributed by atoms with Gasteiger partial charge in [0.2, 0.25) is 11.6 Å². The molecule has 1 spiro atoms. The minimum atomic E-state index is -2.11. The van der Waals surface area contributed by atoms with Crippen molar-refractivity contribution in [1.29, 1.82) is 0 Å². The van der Waals surface area contributed by atoms with E-state index in [1.807, 2.05) is 13.0 Å². The van der Waals surface area contributed by atoms with Gasteiger partial charge in [-0.15, -0.1) is 0 Å². The van der Waals surface area contributed by atoms with Gasteiger partial charge in [0.05, 0.1) is 32.1 Å². The van der Waals surface area contributed by atoms with E-state index in [0.29, 0.717) is 21.1 Å². The summed E-state index contributed by atoms with van der Waals surface area (Å²) in [6, 6.07) is 1.64. The second-order valence-corrected chi connectivity index (χ2v) is 11.7. The Morgan fingerprint density at radius 3 is 2.12 bits per heavy atom. The fourth-order valence-corrected chi connectivity index (χ4v) is 7.57. The number of ketones is 4. The zero-order valence-electron chi connectivity index (χ0n) is 21.9. The standard InChI is InChI=1S/C30H20Br2N2O8/c1-3-4-5-6-10-9-12-13(29(42)34-10)24(37)18-11(19(12)31)7-8-30(18)27(40)16-17(28(30)41)23(36)15-14(22(16)35)25(38)20(32)21(33-2)26(15)39/h3-6,9,33,35-37H,7-8H2,1-2H3,(H,34,42)/b4-3+,6-5+/t30-/m1/s1. The summed E-state index contributed by atoms with van der Waals surface area (Å²) in [6.07, 6.45) is 6.94. The molecule has 3 aliphatic rings. The summed E-state index contributed by atoms with van der Waals surface area (Å²) < 4.78 is 0.178. The largest absolute Gasteiger partial charge is 0.507 e. The molecule has 0 bridgehead atoms. The van der Waals surface area contributed by atoms with Crippen LogP contribution in [-0.4, -0.2) is 50.5 Å². The lowest BCUT2D eigenvalue weighted by atomic mass is 9.76. The number of hydrogen-bond donors (Lipinski definition) is 5. The van der Waals surface area contributed by atoms with Gasteiger partial charge in [-0.05, 0) is 69.3 Å². The van der Waals surface area contributed by atoms with Gasteiger partial charge >= 0.3 is 0 Å². The zero-order chi connectivity index (χ0) is 30.4. The van der Waals surface area contributed by atoms with Crippen LogP contribution in [-0.2, 0) is 11.8 Å². The minimum absolute atomic E-state index is 0.123. The lowest BCUT2D eigenvalue weighted by Gasteiger charge is -2.23. The summed E-state index contributed by atoms with van der Waals surface area (Å²) in [7, 11) is 1.38. The first kappa shape index (κ1) is 27.9. The highest BCUT2D eigenvalue weighted by atomic mass is 79.9. The lowest BCUT2D eigenvalue weighted by Crippen LogP contribution is -2.36. The van der Waals surface area contributed by atoms with Gasteiger partial charge in [-0.25, -0.2) is 0 Å². The molecular weight excluding hydrogens is 676 g/mol. The van der Waals surface area contributed by atoms with Crippen molar-refractivity contribution in [3.63, 3.8) is 0 Å². The normalized spacial score (nSPS) is 19.6.